The molecule has 2 rings (SSSR count). The number of aromatic nitrogens is 1. The smallest absolute Gasteiger partial charge is 0.310 e. The molecule has 0 aliphatic heterocycles. The molecular formula is C10H8ClN3O2. The van der Waals surface area contributed by atoms with Gasteiger partial charge in [0.05, 0.1) is 10.4 Å². The summed E-state index contributed by atoms with van der Waals surface area (Å²) in [5, 5.41) is 11.2. The van der Waals surface area contributed by atoms with Crippen LogP contribution >= 0.6 is 11.6 Å². The molecule has 0 saturated carbocycles. The Labute approximate surface area is 96.0 Å². The zero-order chi connectivity index (χ0) is 11.7. The standard InChI is InChI=1S/C10H8ClN3O2/c11-4-6-1-2-8-7(3-6)10(12)9(5-13-8)14(15)16/h1-3,5H,4H2,(H2,12,13). The zero-order valence-electron chi connectivity index (χ0n) is 8.18. The molecule has 5 nitrogen and oxygen atoms in total. The van der Waals surface area contributed by atoms with E-state index in [1.807, 2.05) is 6.07 Å². The van der Waals surface area contributed by atoms with Gasteiger partial charge >= 0.3 is 5.69 Å². The van der Waals surface area contributed by atoms with E-state index < -0.39 is 4.92 Å². The van der Waals surface area contributed by atoms with Gasteiger partial charge in [0.2, 0.25) is 0 Å². The van der Waals surface area contributed by atoms with Crippen LogP contribution in [0.1, 0.15) is 5.56 Å². The summed E-state index contributed by atoms with van der Waals surface area (Å²) in [5.41, 5.74) is 7.14. The normalized spacial score (nSPS) is 10.6. The first-order valence-corrected chi connectivity index (χ1v) is 5.04. The predicted molar refractivity (Wildman–Crippen MR) is 62.4 cm³/mol. The van der Waals surface area contributed by atoms with Gasteiger partial charge in [0.15, 0.2) is 0 Å². The Morgan fingerprint density at radius 3 is 2.88 bits per heavy atom. The second-order valence-corrected chi connectivity index (χ2v) is 3.57. The number of halogens is 1. The maximum Gasteiger partial charge on any atom is 0.310 e. The molecular weight excluding hydrogens is 230 g/mol. The highest BCUT2D eigenvalue weighted by Crippen LogP contribution is 2.29. The maximum atomic E-state index is 10.7. The highest BCUT2D eigenvalue weighted by molar-refractivity contribution is 6.17. The van der Waals surface area contributed by atoms with E-state index in [4.69, 9.17) is 17.3 Å². The fourth-order valence-electron chi connectivity index (χ4n) is 1.48. The van der Waals surface area contributed by atoms with E-state index >= 15 is 0 Å². The molecule has 1 aromatic heterocycles. The fourth-order valence-corrected chi connectivity index (χ4v) is 1.64. The van der Waals surface area contributed by atoms with Crippen molar-refractivity contribution in [3.05, 3.63) is 40.1 Å². The van der Waals surface area contributed by atoms with Crippen molar-refractivity contribution in [2.24, 2.45) is 0 Å². The van der Waals surface area contributed by atoms with Crippen molar-refractivity contribution >= 4 is 33.9 Å². The summed E-state index contributed by atoms with van der Waals surface area (Å²) in [4.78, 5) is 14.1. The SMILES string of the molecule is Nc1c([N+](=O)[O-])cnc2ccc(CCl)cc12. The van der Waals surface area contributed by atoms with Gasteiger partial charge in [-0.3, -0.25) is 10.1 Å². The molecule has 16 heavy (non-hydrogen) atoms. The number of nitrogen functional groups attached to an aromatic ring is 1. The van der Waals surface area contributed by atoms with Crippen molar-refractivity contribution in [3.63, 3.8) is 0 Å². The van der Waals surface area contributed by atoms with E-state index in [9.17, 15) is 10.1 Å². The Hall–Kier alpha value is -1.88. The molecule has 0 bridgehead atoms. The highest BCUT2D eigenvalue weighted by Gasteiger charge is 2.15. The quantitative estimate of drug-likeness (QED) is 0.494. The number of anilines is 1. The molecule has 1 aromatic carbocycles. The summed E-state index contributed by atoms with van der Waals surface area (Å²) in [6.07, 6.45) is 1.16. The van der Waals surface area contributed by atoms with Crippen LogP contribution in [0.4, 0.5) is 11.4 Å². The number of benzene rings is 1. The third-order valence-electron chi connectivity index (χ3n) is 2.30. The van der Waals surface area contributed by atoms with Gasteiger partial charge in [-0.05, 0) is 17.7 Å². The first-order valence-electron chi connectivity index (χ1n) is 4.51. The lowest BCUT2D eigenvalue weighted by molar-refractivity contribution is -0.384. The molecule has 0 radical (unpaired) electrons. The van der Waals surface area contributed by atoms with Crippen LogP contribution in [0.2, 0.25) is 0 Å². The number of nitro groups is 1. The van der Waals surface area contributed by atoms with E-state index in [1.165, 1.54) is 0 Å². The third-order valence-corrected chi connectivity index (χ3v) is 2.61. The minimum atomic E-state index is -0.546. The summed E-state index contributed by atoms with van der Waals surface area (Å²) in [6, 6.07) is 5.28. The Morgan fingerprint density at radius 2 is 2.25 bits per heavy atom. The van der Waals surface area contributed by atoms with E-state index in [0.717, 1.165) is 11.8 Å². The predicted octanol–water partition coefficient (Wildman–Crippen LogP) is 2.46. The van der Waals surface area contributed by atoms with E-state index in [2.05, 4.69) is 4.98 Å². The highest BCUT2D eigenvalue weighted by atomic mass is 35.5. The van der Waals surface area contributed by atoms with Crippen molar-refractivity contribution in [1.29, 1.82) is 0 Å². The van der Waals surface area contributed by atoms with Gasteiger partial charge in [0.25, 0.3) is 0 Å². The molecule has 82 valence electrons. The molecule has 0 amide bonds. The van der Waals surface area contributed by atoms with Crippen molar-refractivity contribution in [1.82, 2.24) is 4.98 Å². The van der Waals surface area contributed by atoms with Gasteiger partial charge in [-0.15, -0.1) is 11.6 Å². The molecule has 0 saturated heterocycles. The van der Waals surface area contributed by atoms with Crippen LogP contribution in [0.5, 0.6) is 0 Å². The van der Waals surface area contributed by atoms with Gasteiger partial charge in [0.1, 0.15) is 11.9 Å². The third kappa shape index (κ3) is 1.65. The number of rotatable bonds is 2. The maximum absolute atomic E-state index is 10.7. The average molecular weight is 238 g/mol. The lowest BCUT2D eigenvalue weighted by atomic mass is 10.1. The number of hydrogen-bond acceptors (Lipinski definition) is 4. The lowest BCUT2D eigenvalue weighted by Crippen LogP contribution is -1.98. The second-order valence-electron chi connectivity index (χ2n) is 3.30. The van der Waals surface area contributed by atoms with Crippen LogP contribution in [0, 0.1) is 10.1 Å². The van der Waals surface area contributed by atoms with Crippen molar-refractivity contribution in [3.8, 4) is 0 Å². The monoisotopic (exact) mass is 237 g/mol. The first-order chi connectivity index (χ1) is 7.63. The topological polar surface area (TPSA) is 82.0 Å². The van der Waals surface area contributed by atoms with E-state index in [1.54, 1.807) is 12.1 Å². The Morgan fingerprint density at radius 1 is 1.50 bits per heavy atom. The Bertz CT molecular complexity index is 571. The molecule has 1 heterocycles. The molecule has 0 unspecified atom stereocenters. The Balaban J connectivity index is 2.75. The zero-order valence-corrected chi connectivity index (χ0v) is 8.94. The second kappa shape index (κ2) is 3.94. The molecule has 0 aliphatic rings. The van der Waals surface area contributed by atoms with Crippen LogP contribution in [-0.2, 0) is 5.88 Å². The van der Waals surface area contributed by atoms with Crippen molar-refractivity contribution in [2.45, 2.75) is 5.88 Å². The lowest BCUT2D eigenvalue weighted by Gasteiger charge is -2.03. The summed E-state index contributed by atoms with van der Waals surface area (Å²) >= 11 is 5.69. The number of hydrogen-bond donors (Lipinski definition) is 1. The van der Waals surface area contributed by atoms with Gasteiger partial charge in [-0.2, -0.15) is 0 Å². The molecule has 0 spiro atoms. The number of alkyl halides is 1. The average Bonchev–Trinajstić information content (AvgIpc) is 2.28. The molecule has 6 heteroatoms. The number of pyridine rings is 1. The summed E-state index contributed by atoms with van der Waals surface area (Å²) in [5.74, 6) is 0.331. The Kier molecular flexibility index (Phi) is 2.62. The summed E-state index contributed by atoms with van der Waals surface area (Å²) in [6.45, 7) is 0. The van der Waals surface area contributed by atoms with Crippen LogP contribution < -0.4 is 5.73 Å². The minimum Gasteiger partial charge on any atom is -0.393 e. The fraction of sp³-hybridized carbons (Fsp3) is 0.100. The van der Waals surface area contributed by atoms with Gasteiger partial charge in [-0.25, -0.2) is 4.98 Å². The first kappa shape index (κ1) is 10.6. The molecule has 2 aromatic rings. The number of fused-ring (bicyclic) bond motifs is 1. The molecule has 0 fully saturated rings. The number of nitrogens with zero attached hydrogens (tertiary/aromatic N) is 2. The van der Waals surface area contributed by atoms with Crippen LogP contribution in [-0.4, -0.2) is 9.91 Å². The van der Waals surface area contributed by atoms with Gasteiger partial charge < -0.3 is 5.73 Å². The summed E-state index contributed by atoms with van der Waals surface area (Å²) in [7, 11) is 0. The van der Waals surface area contributed by atoms with Crippen molar-refractivity contribution < 1.29 is 4.92 Å². The molecule has 0 atom stereocenters. The summed E-state index contributed by atoms with van der Waals surface area (Å²) < 4.78 is 0. The minimum absolute atomic E-state index is 0.127. The van der Waals surface area contributed by atoms with Crippen LogP contribution in [0.15, 0.2) is 24.4 Å². The van der Waals surface area contributed by atoms with Crippen molar-refractivity contribution in [2.75, 3.05) is 5.73 Å². The largest absolute Gasteiger partial charge is 0.393 e. The van der Waals surface area contributed by atoms with E-state index in [-0.39, 0.29) is 11.4 Å². The number of nitrogens with two attached hydrogens (primary N) is 1. The molecule has 0 aliphatic carbocycles. The van der Waals surface area contributed by atoms with Gasteiger partial charge in [0, 0.05) is 11.3 Å². The molecule has 2 N–H and O–H groups in total. The van der Waals surface area contributed by atoms with E-state index in [0.29, 0.717) is 16.8 Å². The van der Waals surface area contributed by atoms with Crippen LogP contribution in [0.3, 0.4) is 0 Å². The van der Waals surface area contributed by atoms with Crippen LogP contribution in [0.25, 0.3) is 10.9 Å². The van der Waals surface area contributed by atoms with Gasteiger partial charge in [-0.1, -0.05) is 6.07 Å².